The van der Waals surface area contributed by atoms with Crippen molar-refractivity contribution in [2.75, 3.05) is 13.2 Å². The number of ether oxygens (including phenoxy) is 2. The van der Waals surface area contributed by atoms with Gasteiger partial charge in [0.2, 0.25) is 11.8 Å². The van der Waals surface area contributed by atoms with E-state index in [0.717, 1.165) is 42.4 Å². The number of aromatic nitrogens is 1. The number of nitrogens with zero attached hydrogens (tertiary/aromatic N) is 3. The highest BCUT2D eigenvalue weighted by atomic mass is 16.5. The first-order valence-electron chi connectivity index (χ1n) is 13.6. The molecule has 0 spiro atoms. The maximum absolute atomic E-state index is 13.4. The fourth-order valence-electron chi connectivity index (χ4n) is 5.16. The maximum atomic E-state index is 13.4. The van der Waals surface area contributed by atoms with Gasteiger partial charge in [0.1, 0.15) is 0 Å². The van der Waals surface area contributed by atoms with Crippen LogP contribution in [0.1, 0.15) is 71.5 Å². The van der Waals surface area contributed by atoms with E-state index in [4.69, 9.17) is 14.0 Å². The van der Waals surface area contributed by atoms with Crippen molar-refractivity contribution in [2.24, 2.45) is 11.0 Å². The van der Waals surface area contributed by atoms with Crippen LogP contribution in [0.2, 0.25) is 0 Å². The van der Waals surface area contributed by atoms with Crippen molar-refractivity contribution in [1.29, 1.82) is 0 Å². The number of hydrogen-bond donors (Lipinski definition) is 1. The molecule has 1 aromatic heterocycles. The Labute approximate surface area is 232 Å². The number of hydrazone groups is 1. The van der Waals surface area contributed by atoms with Crippen molar-refractivity contribution >= 4 is 23.7 Å². The third kappa shape index (κ3) is 6.39. The Morgan fingerprint density at radius 1 is 1.10 bits per heavy atom. The number of amides is 2. The lowest BCUT2D eigenvalue weighted by molar-refractivity contribution is -0.136. The van der Waals surface area contributed by atoms with Gasteiger partial charge in [0.15, 0.2) is 18.1 Å². The molecule has 1 atom stereocenters. The summed E-state index contributed by atoms with van der Waals surface area (Å²) in [5, 5.41) is 12.5. The van der Waals surface area contributed by atoms with Crippen molar-refractivity contribution in [3.8, 4) is 0 Å². The van der Waals surface area contributed by atoms with Crippen molar-refractivity contribution < 1.29 is 28.4 Å². The molecule has 208 valence electrons. The van der Waals surface area contributed by atoms with E-state index in [1.807, 2.05) is 54.6 Å². The molecule has 5 rings (SSSR count). The summed E-state index contributed by atoms with van der Waals surface area (Å²) in [6, 6.07) is 18.7. The summed E-state index contributed by atoms with van der Waals surface area (Å²) < 4.78 is 15.7. The molecular weight excluding hydrogens is 512 g/mol. The van der Waals surface area contributed by atoms with Crippen LogP contribution >= 0.6 is 0 Å². The largest absolute Gasteiger partial charge is 0.466 e. The van der Waals surface area contributed by atoms with Crippen LogP contribution < -0.4 is 5.32 Å². The second-order valence-corrected chi connectivity index (χ2v) is 9.89. The van der Waals surface area contributed by atoms with E-state index in [0.29, 0.717) is 18.2 Å². The number of hydrogen-bond acceptors (Lipinski definition) is 8. The fraction of sp³-hybridized carbons (Fsp3) is 0.367. The second kappa shape index (κ2) is 12.6. The van der Waals surface area contributed by atoms with Gasteiger partial charge in [-0.3, -0.25) is 9.59 Å². The van der Waals surface area contributed by atoms with E-state index in [-0.39, 0.29) is 49.1 Å². The predicted octanol–water partition coefficient (Wildman–Crippen LogP) is 4.16. The first-order chi connectivity index (χ1) is 19.5. The number of benzene rings is 2. The first kappa shape index (κ1) is 27.1. The van der Waals surface area contributed by atoms with Crippen LogP contribution in [0.5, 0.6) is 0 Å². The van der Waals surface area contributed by atoms with E-state index in [1.165, 1.54) is 11.1 Å². The van der Waals surface area contributed by atoms with Crippen molar-refractivity contribution in [3.05, 3.63) is 88.8 Å². The molecule has 10 nitrogen and oxygen atoms in total. The lowest BCUT2D eigenvalue weighted by Crippen LogP contribution is -2.36. The zero-order valence-corrected chi connectivity index (χ0v) is 22.4. The van der Waals surface area contributed by atoms with Gasteiger partial charge in [-0.05, 0) is 48.9 Å². The summed E-state index contributed by atoms with van der Waals surface area (Å²) in [7, 11) is 0. The van der Waals surface area contributed by atoms with E-state index in [2.05, 4.69) is 15.6 Å². The molecule has 2 aromatic carbocycles. The van der Waals surface area contributed by atoms with Gasteiger partial charge in [0.05, 0.1) is 25.6 Å². The lowest BCUT2D eigenvalue weighted by atomic mass is 9.83. The highest BCUT2D eigenvalue weighted by Crippen LogP contribution is 2.37. The number of carbonyl (C=O) groups excluding carboxylic acids is 3. The summed E-state index contributed by atoms with van der Waals surface area (Å²) >= 11 is 0. The monoisotopic (exact) mass is 544 g/mol. The molecule has 3 aromatic rings. The molecule has 10 heteroatoms. The average Bonchev–Trinajstić information content (AvgIpc) is 3.68. The molecule has 40 heavy (non-hydrogen) atoms. The number of rotatable bonds is 10. The minimum Gasteiger partial charge on any atom is -0.466 e. The number of carbonyl (C=O) groups is 3. The Kier molecular flexibility index (Phi) is 8.53. The van der Waals surface area contributed by atoms with Gasteiger partial charge in [0, 0.05) is 11.6 Å². The minimum absolute atomic E-state index is 0.0673. The number of esters is 1. The van der Waals surface area contributed by atoms with Crippen molar-refractivity contribution in [3.63, 3.8) is 0 Å². The molecule has 2 amide bonds. The molecule has 1 N–H and O–H groups in total. The van der Waals surface area contributed by atoms with Gasteiger partial charge in [-0.1, -0.05) is 60.5 Å². The van der Waals surface area contributed by atoms with E-state index < -0.39 is 5.97 Å². The van der Waals surface area contributed by atoms with Crippen LogP contribution in [0.3, 0.4) is 0 Å². The van der Waals surface area contributed by atoms with Crippen molar-refractivity contribution in [2.45, 2.75) is 51.6 Å². The van der Waals surface area contributed by atoms with Gasteiger partial charge in [0.25, 0.3) is 5.91 Å². The Morgan fingerprint density at radius 3 is 2.58 bits per heavy atom. The predicted molar refractivity (Wildman–Crippen MR) is 145 cm³/mol. The van der Waals surface area contributed by atoms with Crippen LogP contribution in [-0.4, -0.2) is 47.1 Å². The van der Waals surface area contributed by atoms with Gasteiger partial charge in [-0.25, -0.2) is 9.80 Å². The van der Waals surface area contributed by atoms with Gasteiger partial charge in [-0.15, -0.1) is 5.10 Å². The summed E-state index contributed by atoms with van der Waals surface area (Å²) in [5.41, 5.74) is 2.70. The van der Waals surface area contributed by atoms with Crippen LogP contribution in [0.15, 0.2) is 70.3 Å². The van der Waals surface area contributed by atoms with Gasteiger partial charge in [-0.2, -0.15) is 0 Å². The molecule has 0 radical (unpaired) electrons. The highest BCUT2D eigenvalue weighted by molar-refractivity contribution is 5.97. The summed E-state index contributed by atoms with van der Waals surface area (Å²) in [5.74, 6) is -0.183. The second-order valence-electron chi connectivity index (χ2n) is 9.89. The Hall–Kier alpha value is -4.47. The SMILES string of the molecule is CCOC(=O)c1cc(CNC(=O)C(c2ccc(CN3N=C(c4ccccc4)OCC3=O)cc2)C2CCCC2)on1. The summed E-state index contributed by atoms with van der Waals surface area (Å²) in [4.78, 5) is 37.7. The van der Waals surface area contributed by atoms with Crippen molar-refractivity contribution in [1.82, 2.24) is 15.5 Å². The molecule has 2 heterocycles. The van der Waals surface area contributed by atoms with Crippen LogP contribution in [0.25, 0.3) is 0 Å². The highest BCUT2D eigenvalue weighted by Gasteiger charge is 2.32. The Bertz CT molecular complexity index is 1360. The van der Waals surface area contributed by atoms with Gasteiger partial charge >= 0.3 is 5.97 Å². The minimum atomic E-state index is -0.562. The molecule has 0 saturated heterocycles. The fourth-order valence-corrected chi connectivity index (χ4v) is 5.16. The van der Waals surface area contributed by atoms with Crippen LogP contribution in [0, 0.1) is 5.92 Å². The lowest BCUT2D eigenvalue weighted by Gasteiger charge is -2.25. The summed E-state index contributed by atoms with van der Waals surface area (Å²) in [6.07, 6.45) is 4.15. The molecule has 0 bridgehead atoms. The third-order valence-electron chi connectivity index (χ3n) is 7.16. The Balaban J connectivity index is 1.26. The molecule has 1 saturated carbocycles. The van der Waals surface area contributed by atoms with Crippen LogP contribution in [0.4, 0.5) is 0 Å². The van der Waals surface area contributed by atoms with E-state index in [1.54, 1.807) is 6.92 Å². The molecule has 1 aliphatic heterocycles. The standard InChI is InChI=1S/C30H32N4O6/c1-2-38-30(37)25-16-24(40-33-25)17-31-28(36)27(21-8-6-7-9-21)22-14-12-20(13-15-22)18-34-26(35)19-39-29(32-34)23-10-4-3-5-11-23/h3-5,10-16,21,27H,2,6-9,17-19H2,1H3,(H,31,36). The van der Waals surface area contributed by atoms with E-state index in [9.17, 15) is 14.4 Å². The average molecular weight is 545 g/mol. The molecular formula is C30H32N4O6. The smallest absolute Gasteiger partial charge is 0.360 e. The third-order valence-corrected chi connectivity index (χ3v) is 7.16. The normalized spacial score (nSPS) is 16.3. The van der Waals surface area contributed by atoms with E-state index >= 15 is 0 Å². The molecule has 1 unspecified atom stereocenters. The molecule has 2 aliphatic rings. The topological polar surface area (TPSA) is 123 Å². The Morgan fingerprint density at radius 2 is 1.85 bits per heavy atom. The quantitative estimate of drug-likeness (QED) is 0.380. The number of nitrogens with one attached hydrogen (secondary N) is 1. The summed E-state index contributed by atoms with van der Waals surface area (Å²) in [6.45, 7) is 2.31. The van der Waals surface area contributed by atoms with Gasteiger partial charge < -0.3 is 19.3 Å². The maximum Gasteiger partial charge on any atom is 0.360 e. The molecule has 1 fully saturated rings. The first-order valence-corrected chi connectivity index (χ1v) is 13.6. The molecule has 1 aliphatic carbocycles. The van der Waals surface area contributed by atoms with Crippen LogP contribution in [-0.2, 0) is 32.2 Å². The zero-order chi connectivity index (χ0) is 27.9. The zero-order valence-electron chi connectivity index (χ0n) is 22.4.